The minimum atomic E-state index is -0.159. The Hall–Kier alpha value is -4.46. The standard InChI is InChI=1S/C28H28N6O2/c1-3-4-16-36-23-14-12-20(13-15-23)19(2)30-28(35)21-8-7-9-22(17-21)31-26-27-33-29-18-34(27)25-11-6-5-10-24(25)32-26/h5-15,17-19H,3-4,16H2,1-2H3,(H,30,35)(H,31,32)/t19-/m1/s1. The monoisotopic (exact) mass is 480 g/mol. The molecule has 0 saturated heterocycles. The number of para-hydroxylation sites is 2. The SMILES string of the molecule is CCCCOc1ccc([C@@H](C)NC(=O)c2cccc(Nc3nc4ccccc4n4cnnc34)c2)cc1. The highest BCUT2D eigenvalue weighted by molar-refractivity contribution is 5.95. The van der Waals surface area contributed by atoms with Crippen LogP contribution >= 0.6 is 0 Å². The van der Waals surface area contributed by atoms with Crippen LogP contribution in [0.4, 0.5) is 11.5 Å². The molecule has 2 heterocycles. The van der Waals surface area contributed by atoms with Gasteiger partial charge in [0.05, 0.1) is 23.7 Å². The summed E-state index contributed by atoms with van der Waals surface area (Å²) in [5.41, 5.74) is 4.64. The van der Waals surface area contributed by atoms with E-state index in [0.29, 0.717) is 23.6 Å². The Morgan fingerprint density at radius 1 is 1.06 bits per heavy atom. The number of ether oxygens (including phenoxy) is 1. The van der Waals surface area contributed by atoms with Gasteiger partial charge in [-0.05, 0) is 61.4 Å². The average Bonchev–Trinajstić information content (AvgIpc) is 3.40. The molecule has 0 aliphatic heterocycles. The molecule has 2 aromatic heterocycles. The molecule has 0 spiro atoms. The van der Waals surface area contributed by atoms with E-state index in [-0.39, 0.29) is 11.9 Å². The fourth-order valence-electron chi connectivity index (χ4n) is 4.01. The molecule has 182 valence electrons. The maximum absolute atomic E-state index is 13.0. The molecule has 8 heteroatoms. The number of nitrogens with zero attached hydrogens (tertiary/aromatic N) is 4. The molecule has 0 aliphatic rings. The third kappa shape index (κ3) is 4.98. The molecule has 36 heavy (non-hydrogen) atoms. The van der Waals surface area contributed by atoms with E-state index in [1.54, 1.807) is 18.5 Å². The van der Waals surface area contributed by atoms with Crippen LogP contribution in [0.15, 0.2) is 79.1 Å². The predicted octanol–water partition coefficient (Wildman–Crippen LogP) is 5.69. The molecular formula is C28H28N6O2. The van der Waals surface area contributed by atoms with Crippen molar-refractivity contribution in [3.05, 3.63) is 90.3 Å². The Morgan fingerprint density at radius 3 is 2.72 bits per heavy atom. The van der Waals surface area contributed by atoms with Crippen LogP contribution in [-0.4, -0.2) is 32.1 Å². The number of unbranched alkanes of at least 4 members (excludes halogenated alkanes) is 1. The van der Waals surface area contributed by atoms with Crippen LogP contribution in [0.3, 0.4) is 0 Å². The number of aromatic nitrogens is 4. The van der Waals surface area contributed by atoms with Gasteiger partial charge in [-0.1, -0.05) is 43.7 Å². The van der Waals surface area contributed by atoms with E-state index in [2.05, 4.69) is 27.8 Å². The molecule has 3 aromatic carbocycles. The molecule has 0 aliphatic carbocycles. The summed E-state index contributed by atoms with van der Waals surface area (Å²) in [6, 6.07) is 22.8. The number of hydrogen-bond acceptors (Lipinski definition) is 6. The molecule has 1 amide bonds. The van der Waals surface area contributed by atoms with Gasteiger partial charge in [0, 0.05) is 11.3 Å². The van der Waals surface area contributed by atoms with Crippen molar-refractivity contribution in [2.75, 3.05) is 11.9 Å². The summed E-state index contributed by atoms with van der Waals surface area (Å²) in [5, 5.41) is 14.6. The predicted molar refractivity (Wildman–Crippen MR) is 141 cm³/mol. The van der Waals surface area contributed by atoms with Gasteiger partial charge >= 0.3 is 0 Å². The minimum Gasteiger partial charge on any atom is -0.494 e. The second-order valence-corrected chi connectivity index (χ2v) is 8.65. The van der Waals surface area contributed by atoms with Crippen LogP contribution in [-0.2, 0) is 0 Å². The number of hydrogen-bond donors (Lipinski definition) is 2. The van der Waals surface area contributed by atoms with Crippen molar-refractivity contribution in [2.45, 2.75) is 32.7 Å². The van der Waals surface area contributed by atoms with Crippen molar-refractivity contribution in [1.29, 1.82) is 0 Å². The average molecular weight is 481 g/mol. The van der Waals surface area contributed by atoms with Gasteiger partial charge in [0.15, 0.2) is 5.82 Å². The molecule has 1 atom stereocenters. The second kappa shape index (κ2) is 10.4. The topological polar surface area (TPSA) is 93.4 Å². The zero-order valence-electron chi connectivity index (χ0n) is 20.3. The summed E-state index contributed by atoms with van der Waals surface area (Å²) in [6.45, 7) is 4.82. The van der Waals surface area contributed by atoms with Crippen LogP contribution in [0.2, 0.25) is 0 Å². The fourth-order valence-corrected chi connectivity index (χ4v) is 4.01. The van der Waals surface area contributed by atoms with Crippen LogP contribution < -0.4 is 15.4 Å². The normalized spacial score (nSPS) is 11.9. The molecule has 0 saturated carbocycles. The molecule has 5 rings (SSSR count). The number of benzene rings is 3. The molecule has 2 N–H and O–H groups in total. The van der Waals surface area contributed by atoms with Crippen LogP contribution in [0.5, 0.6) is 5.75 Å². The summed E-state index contributed by atoms with van der Waals surface area (Å²) in [4.78, 5) is 17.7. The molecule has 0 fully saturated rings. The molecular weight excluding hydrogens is 452 g/mol. The third-order valence-corrected chi connectivity index (χ3v) is 6.01. The summed E-state index contributed by atoms with van der Waals surface area (Å²) in [5.74, 6) is 1.25. The first kappa shape index (κ1) is 23.3. The van der Waals surface area contributed by atoms with Gasteiger partial charge in [0.2, 0.25) is 5.65 Å². The van der Waals surface area contributed by atoms with Gasteiger partial charge in [-0.25, -0.2) is 4.98 Å². The Labute approximate surface area is 209 Å². The molecule has 0 unspecified atom stereocenters. The highest BCUT2D eigenvalue weighted by Gasteiger charge is 2.14. The van der Waals surface area contributed by atoms with Gasteiger partial charge in [-0.2, -0.15) is 0 Å². The van der Waals surface area contributed by atoms with Crippen molar-refractivity contribution in [1.82, 2.24) is 24.9 Å². The van der Waals surface area contributed by atoms with Crippen molar-refractivity contribution in [3.8, 4) is 5.75 Å². The molecule has 0 bridgehead atoms. The summed E-state index contributed by atoms with van der Waals surface area (Å²) < 4.78 is 7.62. The number of nitrogens with one attached hydrogen (secondary N) is 2. The van der Waals surface area contributed by atoms with Gasteiger partial charge < -0.3 is 15.4 Å². The van der Waals surface area contributed by atoms with Crippen molar-refractivity contribution >= 4 is 34.1 Å². The smallest absolute Gasteiger partial charge is 0.251 e. The fraction of sp³-hybridized carbons (Fsp3) is 0.214. The molecule has 5 aromatic rings. The zero-order valence-corrected chi connectivity index (χ0v) is 20.3. The lowest BCUT2D eigenvalue weighted by atomic mass is 10.1. The zero-order chi connectivity index (χ0) is 24.9. The Balaban J connectivity index is 1.30. The van der Waals surface area contributed by atoms with Gasteiger partial charge in [-0.3, -0.25) is 9.20 Å². The summed E-state index contributed by atoms with van der Waals surface area (Å²) >= 11 is 0. The third-order valence-electron chi connectivity index (χ3n) is 6.01. The number of amides is 1. The minimum absolute atomic E-state index is 0.156. The number of fused-ring (bicyclic) bond motifs is 3. The first-order valence-corrected chi connectivity index (χ1v) is 12.1. The Bertz CT molecular complexity index is 1500. The first-order chi connectivity index (χ1) is 17.6. The van der Waals surface area contributed by atoms with E-state index >= 15 is 0 Å². The summed E-state index contributed by atoms with van der Waals surface area (Å²) in [7, 11) is 0. The first-order valence-electron chi connectivity index (χ1n) is 12.1. The van der Waals surface area contributed by atoms with Gasteiger partial charge in [0.25, 0.3) is 5.91 Å². The number of carbonyl (C=O) groups is 1. The van der Waals surface area contributed by atoms with E-state index in [1.807, 2.05) is 72.0 Å². The van der Waals surface area contributed by atoms with E-state index in [1.165, 1.54) is 0 Å². The van der Waals surface area contributed by atoms with E-state index in [4.69, 9.17) is 9.72 Å². The van der Waals surface area contributed by atoms with Crippen LogP contribution in [0.1, 0.15) is 48.7 Å². The quantitative estimate of drug-likeness (QED) is 0.263. The second-order valence-electron chi connectivity index (χ2n) is 8.65. The number of rotatable bonds is 9. The molecule has 8 nitrogen and oxygen atoms in total. The number of carbonyl (C=O) groups excluding carboxylic acids is 1. The molecule has 0 radical (unpaired) electrons. The lowest BCUT2D eigenvalue weighted by molar-refractivity contribution is 0.0940. The highest BCUT2D eigenvalue weighted by atomic mass is 16.5. The van der Waals surface area contributed by atoms with E-state index < -0.39 is 0 Å². The van der Waals surface area contributed by atoms with E-state index in [9.17, 15) is 4.79 Å². The van der Waals surface area contributed by atoms with Gasteiger partial charge in [-0.15, -0.1) is 10.2 Å². The van der Waals surface area contributed by atoms with Crippen LogP contribution in [0.25, 0.3) is 16.7 Å². The Morgan fingerprint density at radius 2 is 1.89 bits per heavy atom. The van der Waals surface area contributed by atoms with Crippen LogP contribution in [0, 0.1) is 0 Å². The van der Waals surface area contributed by atoms with Crippen molar-refractivity contribution in [3.63, 3.8) is 0 Å². The largest absolute Gasteiger partial charge is 0.494 e. The van der Waals surface area contributed by atoms with Gasteiger partial charge in [0.1, 0.15) is 12.1 Å². The van der Waals surface area contributed by atoms with E-state index in [0.717, 1.165) is 40.9 Å². The number of anilines is 2. The van der Waals surface area contributed by atoms with Crippen molar-refractivity contribution < 1.29 is 9.53 Å². The summed E-state index contributed by atoms with van der Waals surface area (Å²) in [6.07, 6.45) is 3.80. The maximum atomic E-state index is 13.0. The Kier molecular flexibility index (Phi) is 6.75. The lowest BCUT2D eigenvalue weighted by Gasteiger charge is -2.16. The maximum Gasteiger partial charge on any atom is 0.251 e. The highest BCUT2D eigenvalue weighted by Crippen LogP contribution is 2.24. The van der Waals surface area contributed by atoms with Crippen molar-refractivity contribution in [2.24, 2.45) is 0 Å². The lowest BCUT2D eigenvalue weighted by Crippen LogP contribution is -2.26.